The van der Waals surface area contributed by atoms with E-state index in [2.05, 4.69) is 4.98 Å². The Kier molecular flexibility index (Phi) is 3.24. The number of rotatable bonds is 1. The van der Waals surface area contributed by atoms with Gasteiger partial charge < -0.3 is 4.98 Å². The summed E-state index contributed by atoms with van der Waals surface area (Å²) in [4.78, 5) is 13.5. The van der Waals surface area contributed by atoms with Crippen molar-refractivity contribution >= 4 is 34.8 Å². The van der Waals surface area contributed by atoms with E-state index >= 15 is 0 Å². The van der Waals surface area contributed by atoms with E-state index in [-0.39, 0.29) is 5.56 Å². The summed E-state index contributed by atoms with van der Waals surface area (Å²) < 4.78 is 0. The molecule has 0 aliphatic heterocycles. The third-order valence-electron chi connectivity index (χ3n) is 2.12. The molecule has 1 heterocycles. The average Bonchev–Trinajstić information content (AvgIpc) is 2.27. The highest BCUT2D eigenvalue weighted by atomic mass is 35.5. The highest BCUT2D eigenvalue weighted by Gasteiger charge is 2.11. The summed E-state index contributed by atoms with van der Waals surface area (Å²) in [5, 5.41) is 1.29. The summed E-state index contributed by atoms with van der Waals surface area (Å²) in [5.74, 6) is 0. The van der Waals surface area contributed by atoms with Crippen LogP contribution in [0, 0.1) is 0 Å². The smallest absolute Gasteiger partial charge is 0.247 e. The highest BCUT2D eigenvalue weighted by molar-refractivity contribution is 6.46. The van der Waals surface area contributed by atoms with Crippen molar-refractivity contribution < 1.29 is 0 Å². The van der Waals surface area contributed by atoms with Gasteiger partial charge in [-0.3, -0.25) is 4.79 Å². The second-order valence-corrected chi connectivity index (χ2v) is 4.35. The predicted octanol–water partition coefficient (Wildman–Crippen LogP) is 4.00. The maximum Gasteiger partial charge on any atom is 0.247 e. The lowest BCUT2D eigenvalue weighted by Crippen LogP contribution is -2.01. The Morgan fingerprint density at radius 2 is 1.62 bits per heavy atom. The number of halogens is 3. The molecular formula is C11H6Cl3NO. The molecule has 0 spiro atoms. The van der Waals surface area contributed by atoms with Crippen molar-refractivity contribution in [1.82, 2.24) is 4.98 Å². The number of benzene rings is 1. The molecule has 16 heavy (non-hydrogen) atoms. The van der Waals surface area contributed by atoms with E-state index in [0.29, 0.717) is 20.6 Å². The third kappa shape index (κ3) is 2.09. The molecule has 0 saturated heterocycles. The van der Waals surface area contributed by atoms with Crippen LogP contribution in [0.3, 0.4) is 0 Å². The minimum atomic E-state index is -0.182. The lowest BCUT2D eigenvalue weighted by Gasteiger charge is -2.07. The van der Waals surface area contributed by atoms with E-state index in [1.54, 1.807) is 24.4 Å². The molecule has 1 N–H and O–H groups in total. The lowest BCUT2D eigenvalue weighted by atomic mass is 10.1. The van der Waals surface area contributed by atoms with Crippen molar-refractivity contribution in [2.45, 2.75) is 0 Å². The summed E-state index contributed by atoms with van der Waals surface area (Å²) in [7, 11) is 0. The van der Waals surface area contributed by atoms with Gasteiger partial charge in [-0.15, -0.1) is 0 Å². The first-order chi connectivity index (χ1) is 7.59. The van der Waals surface area contributed by atoms with Gasteiger partial charge in [0.05, 0.1) is 15.1 Å². The Balaban J connectivity index is 2.68. The first kappa shape index (κ1) is 11.5. The van der Waals surface area contributed by atoms with Crippen molar-refractivity contribution in [3.63, 3.8) is 0 Å². The van der Waals surface area contributed by atoms with Gasteiger partial charge in [-0.1, -0.05) is 34.8 Å². The van der Waals surface area contributed by atoms with Crippen molar-refractivity contribution in [3.8, 4) is 11.1 Å². The van der Waals surface area contributed by atoms with Gasteiger partial charge in [0.2, 0.25) is 5.56 Å². The van der Waals surface area contributed by atoms with Crippen molar-refractivity contribution in [2.24, 2.45) is 0 Å². The molecule has 0 atom stereocenters. The quantitative estimate of drug-likeness (QED) is 0.783. The van der Waals surface area contributed by atoms with Crippen molar-refractivity contribution in [3.05, 3.63) is 55.9 Å². The van der Waals surface area contributed by atoms with Gasteiger partial charge in [-0.2, -0.15) is 0 Å². The van der Waals surface area contributed by atoms with Gasteiger partial charge >= 0.3 is 0 Å². The number of aromatic amines is 1. The van der Waals surface area contributed by atoms with E-state index < -0.39 is 0 Å². The van der Waals surface area contributed by atoms with Crippen LogP contribution in [0.4, 0.5) is 0 Å². The molecule has 0 fully saturated rings. The number of aromatic nitrogens is 1. The molecule has 2 nitrogen and oxygen atoms in total. The number of hydrogen-bond acceptors (Lipinski definition) is 1. The zero-order chi connectivity index (χ0) is 11.7. The van der Waals surface area contributed by atoms with Gasteiger partial charge in [0, 0.05) is 23.4 Å². The van der Waals surface area contributed by atoms with Gasteiger partial charge in [0.25, 0.3) is 0 Å². The maximum atomic E-state index is 10.9. The van der Waals surface area contributed by atoms with E-state index in [1.807, 2.05) is 0 Å². The standard InChI is InChI=1S/C11H6Cl3NO/c12-7-2-3-8(13)11(14)10(7)6-1-4-9(16)15-5-6/h1-5H,(H,15,16). The summed E-state index contributed by atoms with van der Waals surface area (Å²) >= 11 is 18.0. The number of pyridine rings is 1. The normalized spacial score (nSPS) is 10.4. The van der Waals surface area contributed by atoms with Crippen LogP contribution in [0.2, 0.25) is 15.1 Å². The first-order valence-corrected chi connectivity index (χ1v) is 5.55. The topological polar surface area (TPSA) is 32.9 Å². The molecule has 0 aliphatic rings. The van der Waals surface area contributed by atoms with Gasteiger partial charge in [0.15, 0.2) is 0 Å². The summed E-state index contributed by atoms with van der Waals surface area (Å²) in [6.45, 7) is 0. The maximum absolute atomic E-state index is 10.9. The van der Waals surface area contributed by atoms with Crippen LogP contribution in [-0.2, 0) is 0 Å². The number of nitrogens with one attached hydrogen (secondary N) is 1. The van der Waals surface area contributed by atoms with E-state index in [9.17, 15) is 4.79 Å². The number of hydrogen-bond donors (Lipinski definition) is 1. The van der Waals surface area contributed by atoms with Gasteiger partial charge in [-0.05, 0) is 18.2 Å². The summed E-state index contributed by atoms with van der Waals surface area (Å²) in [6.07, 6.45) is 1.55. The summed E-state index contributed by atoms with van der Waals surface area (Å²) in [6, 6.07) is 6.34. The zero-order valence-electron chi connectivity index (χ0n) is 7.93. The molecule has 0 bridgehead atoms. The number of H-pyrrole nitrogens is 1. The predicted molar refractivity (Wildman–Crippen MR) is 67.5 cm³/mol. The lowest BCUT2D eigenvalue weighted by molar-refractivity contribution is 1.24. The second-order valence-electron chi connectivity index (χ2n) is 3.16. The molecule has 0 saturated carbocycles. The molecule has 0 aliphatic carbocycles. The fraction of sp³-hybridized carbons (Fsp3) is 0. The zero-order valence-corrected chi connectivity index (χ0v) is 10.2. The van der Waals surface area contributed by atoms with E-state index in [1.165, 1.54) is 6.07 Å². The molecule has 82 valence electrons. The van der Waals surface area contributed by atoms with Crippen molar-refractivity contribution in [1.29, 1.82) is 0 Å². The highest BCUT2D eigenvalue weighted by Crippen LogP contribution is 2.38. The van der Waals surface area contributed by atoms with Crippen LogP contribution in [-0.4, -0.2) is 4.98 Å². The van der Waals surface area contributed by atoms with E-state index in [4.69, 9.17) is 34.8 Å². The average molecular weight is 275 g/mol. The van der Waals surface area contributed by atoms with Crippen LogP contribution in [0.1, 0.15) is 0 Å². The van der Waals surface area contributed by atoms with Crippen LogP contribution >= 0.6 is 34.8 Å². The fourth-order valence-corrected chi connectivity index (χ4v) is 2.10. The van der Waals surface area contributed by atoms with Crippen LogP contribution in [0.5, 0.6) is 0 Å². The van der Waals surface area contributed by atoms with Crippen LogP contribution in [0.25, 0.3) is 11.1 Å². The third-order valence-corrected chi connectivity index (χ3v) is 3.24. The van der Waals surface area contributed by atoms with Crippen LogP contribution < -0.4 is 5.56 Å². The molecule has 0 unspecified atom stereocenters. The Morgan fingerprint density at radius 1 is 0.938 bits per heavy atom. The fourth-order valence-electron chi connectivity index (χ4n) is 1.36. The molecule has 1 aromatic carbocycles. The molecule has 1 aromatic heterocycles. The monoisotopic (exact) mass is 273 g/mol. The van der Waals surface area contributed by atoms with Crippen LogP contribution in [0.15, 0.2) is 35.3 Å². The largest absolute Gasteiger partial charge is 0.328 e. The minimum absolute atomic E-state index is 0.182. The van der Waals surface area contributed by atoms with Gasteiger partial charge in [-0.25, -0.2) is 0 Å². The summed E-state index contributed by atoms with van der Waals surface area (Å²) in [5.41, 5.74) is 1.15. The Hall–Kier alpha value is -0.960. The Bertz CT molecular complexity index is 572. The SMILES string of the molecule is O=c1ccc(-c2c(Cl)ccc(Cl)c2Cl)c[nH]1. The van der Waals surface area contributed by atoms with Gasteiger partial charge in [0.1, 0.15) is 0 Å². The first-order valence-electron chi connectivity index (χ1n) is 4.42. The molecule has 0 radical (unpaired) electrons. The molecule has 5 heteroatoms. The molecule has 2 rings (SSSR count). The Morgan fingerprint density at radius 3 is 2.25 bits per heavy atom. The second kappa shape index (κ2) is 4.50. The molecular weight excluding hydrogens is 268 g/mol. The minimum Gasteiger partial charge on any atom is -0.328 e. The Labute approximate surface area is 107 Å². The van der Waals surface area contributed by atoms with E-state index in [0.717, 1.165) is 5.56 Å². The molecule has 0 amide bonds. The molecule has 2 aromatic rings. The van der Waals surface area contributed by atoms with Crippen molar-refractivity contribution in [2.75, 3.05) is 0 Å².